The second-order valence-corrected chi connectivity index (χ2v) is 7.18. The molecule has 1 aliphatic rings. The number of carbonyl (C=O) groups excluding carboxylic acids is 1. The molecule has 1 aromatic carbocycles. The van der Waals surface area contributed by atoms with Crippen LogP contribution in [0.3, 0.4) is 0 Å². The molecule has 0 N–H and O–H groups in total. The lowest BCUT2D eigenvalue weighted by atomic mass is 10.1. The van der Waals surface area contributed by atoms with Crippen molar-refractivity contribution in [2.24, 2.45) is 0 Å². The third kappa shape index (κ3) is 4.09. The summed E-state index contributed by atoms with van der Waals surface area (Å²) >= 11 is 1.75. The molecule has 6 nitrogen and oxygen atoms in total. The number of amides is 1. The van der Waals surface area contributed by atoms with Crippen LogP contribution in [0.15, 0.2) is 30.6 Å². The number of hydrogen-bond donors (Lipinski definition) is 0. The SMILES string of the molecule is CCOc1cc(C2SCCC(=O)N2Cc2cnc(C)cn2)ccc1OC. The van der Waals surface area contributed by atoms with E-state index in [0.717, 1.165) is 22.7 Å². The average molecular weight is 373 g/mol. The number of benzene rings is 1. The molecule has 1 atom stereocenters. The number of hydrogen-bond acceptors (Lipinski definition) is 6. The fourth-order valence-electron chi connectivity index (χ4n) is 2.86. The van der Waals surface area contributed by atoms with Gasteiger partial charge in [0.2, 0.25) is 5.91 Å². The Morgan fingerprint density at radius 3 is 2.81 bits per heavy atom. The van der Waals surface area contributed by atoms with Crippen molar-refractivity contribution in [1.82, 2.24) is 14.9 Å². The summed E-state index contributed by atoms with van der Waals surface area (Å²) < 4.78 is 11.1. The minimum absolute atomic E-state index is 0.0792. The maximum Gasteiger partial charge on any atom is 0.224 e. The number of thioether (sulfide) groups is 1. The fraction of sp³-hybridized carbons (Fsp3) is 0.421. The Morgan fingerprint density at radius 2 is 2.12 bits per heavy atom. The lowest BCUT2D eigenvalue weighted by Crippen LogP contribution is -2.37. The molecule has 0 radical (unpaired) electrons. The first-order valence-electron chi connectivity index (χ1n) is 8.61. The molecule has 0 aliphatic carbocycles. The van der Waals surface area contributed by atoms with Crippen molar-refractivity contribution < 1.29 is 14.3 Å². The fourth-order valence-corrected chi connectivity index (χ4v) is 4.09. The predicted molar refractivity (Wildman–Crippen MR) is 101 cm³/mol. The van der Waals surface area contributed by atoms with E-state index < -0.39 is 0 Å². The van der Waals surface area contributed by atoms with E-state index in [2.05, 4.69) is 9.97 Å². The normalized spacial score (nSPS) is 17.3. The van der Waals surface area contributed by atoms with Gasteiger partial charge >= 0.3 is 0 Å². The number of carbonyl (C=O) groups is 1. The highest BCUT2D eigenvalue weighted by molar-refractivity contribution is 7.99. The molecule has 2 aromatic rings. The largest absolute Gasteiger partial charge is 0.493 e. The first-order chi connectivity index (χ1) is 12.6. The lowest BCUT2D eigenvalue weighted by molar-refractivity contribution is -0.132. The first-order valence-corrected chi connectivity index (χ1v) is 9.66. The van der Waals surface area contributed by atoms with E-state index in [-0.39, 0.29) is 11.3 Å². The Bertz CT molecular complexity index is 767. The molecule has 2 heterocycles. The Labute approximate surface area is 157 Å². The maximum absolute atomic E-state index is 12.6. The molecule has 1 aliphatic heterocycles. The van der Waals surface area contributed by atoms with Crippen molar-refractivity contribution in [2.75, 3.05) is 19.5 Å². The highest BCUT2D eigenvalue weighted by atomic mass is 32.2. The van der Waals surface area contributed by atoms with Crippen molar-refractivity contribution in [1.29, 1.82) is 0 Å². The number of rotatable bonds is 6. The van der Waals surface area contributed by atoms with E-state index >= 15 is 0 Å². The van der Waals surface area contributed by atoms with Crippen LogP contribution in [-0.4, -0.2) is 40.2 Å². The quantitative estimate of drug-likeness (QED) is 0.774. The van der Waals surface area contributed by atoms with Gasteiger partial charge in [-0.25, -0.2) is 0 Å². The third-order valence-corrected chi connectivity index (χ3v) is 5.42. The van der Waals surface area contributed by atoms with Crippen LogP contribution >= 0.6 is 11.8 Å². The lowest BCUT2D eigenvalue weighted by Gasteiger charge is -2.35. The minimum atomic E-state index is -0.0792. The van der Waals surface area contributed by atoms with E-state index in [1.165, 1.54) is 0 Å². The van der Waals surface area contributed by atoms with Gasteiger partial charge in [0, 0.05) is 18.4 Å². The van der Waals surface area contributed by atoms with Gasteiger partial charge in [-0.15, -0.1) is 11.8 Å². The summed E-state index contributed by atoms with van der Waals surface area (Å²) in [5, 5.41) is -0.0792. The summed E-state index contributed by atoms with van der Waals surface area (Å²) in [5.41, 5.74) is 2.67. The molecule has 7 heteroatoms. The van der Waals surface area contributed by atoms with Crippen LogP contribution in [0, 0.1) is 6.92 Å². The van der Waals surface area contributed by atoms with Crippen LogP contribution in [0.1, 0.15) is 35.7 Å². The van der Waals surface area contributed by atoms with Crippen molar-refractivity contribution in [2.45, 2.75) is 32.2 Å². The molecular formula is C19H23N3O3S. The van der Waals surface area contributed by atoms with E-state index in [1.54, 1.807) is 31.3 Å². The zero-order chi connectivity index (χ0) is 18.5. The summed E-state index contributed by atoms with van der Waals surface area (Å²) in [6.45, 7) is 4.83. The van der Waals surface area contributed by atoms with Gasteiger partial charge in [-0.3, -0.25) is 14.8 Å². The molecule has 1 fully saturated rings. The van der Waals surface area contributed by atoms with E-state index in [1.807, 2.05) is 36.9 Å². The maximum atomic E-state index is 12.6. The Balaban J connectivity index is 1.89. The van der Waals surface area contributed by atoms with Crippen molar-refractivity contribution in [3.63, 3.8) is 0 Å². The number of aryl methyl sites for hydroxylation is 1. The topological polar surface area (TPSA) is 64.5 Å². The zero-order valence-electron chi connectivity index (χ0n) is 15.3. The molecule has 1 unspecified atom stereocenters. The molecule has 1 aromatic heterocycles. The summed E-state index contributed by atoms with van der Waals surface area (Å²) in [6, 6.07) is 5.85. The highest BCUT2D eigenvalue weighted by Gasteiger charge is 2.31. The molecule has 0 saturated carbocycles. The molecule has 0 bridgehead atoms. The third-order valence-electron chi connectivity index (χ3n) is 4.13. The van der Waals surface area contributed by atoms with E-state index in [4.69, 9.17) is 9.47 Å². The van der Waals surface area contributed by atoms with Gasteiger partial charge in [-0.2, -0.15) is 0 Å². The molecule has 138 valence electrons. The summed E-state index contributed by atoms with van der Waals surface area (Å²) in [7, 11) is 1.62. The van der Waals surface area contributed by atoms with Gasteiger partial charge in [0.25, 0.3) is 0 Å². The van der Waals surface area contributed by atoms with Gasteiger partial charge < -0.3 is 14.4 Å². The van der Waals surface area contributed by atoms with Crippen LogP contribution in [-0.2, 0) is 11.3 Å². The average Bonchev–Trinajstić information content (AvgIpc) is 2.65. The Hall–Kier alpha value is -2.28. The summed E-state index contributed by atoms with van der Waals surface area (Å²) in [6.07, 6.45) is 4.00. The Kier molecular flexibility index (Phi) is 5.98. The van der Waals surface area contributed by atoms with Crippen molar-refractivity contribution in [3.8, 4) is 11.5 Å². The summed E-state index contributed by atoms with van der Waals surface area (Å²) in [4.78, 5) is 23.1. The molecule has 1 amide bonds. The molecule has 1 saturated heterocycles. The van der Waals surface area contributed by atoms with Gasteiger partial charge in [0.05, 0.1) is 37.8 Å². The van der Waals surface area contributed by atoms with E-state index in [9.17, 15) is 4.79 Å². The monoisotopic (exact) mass is 373 g/mol. The Morgan fingerprint density at radius 1 is 1.27 bits per heavy atom. The predicted octanol–water partition coefficient (Wildman–Crippen LogP) is 3.36. The summed E-state index contributed by atoms with van der Waals surface area (Å²) in [5.74, 6) is 2.32. The second kappa shape index (κ2) is 8.40. The number of methoxy groups -OCH3 is 1. The van der Waals surface area contributed by atoms with E-state index in [0.29, 0.717) is 31.1 Å². The van der Waals surface area contributed by atoms with Crippen molar-refractivity contribution in [3.05, 3.63) is 47.5 Å². The van der Waals surface area contributed by atoms with Crippen LogP contribution in [0.25, 0.3) is 0 Å². The standard InChI is InChI=1S/C19H23N3O3S/c1-4-25-17-9-14(5-6-16(17)24-3)19-22(18(23)7-8-26-19)12-15-11-20-13(2)10-21-15/h5-6,9-11,19H,4,7-8,12H2,1-3H3. The molecular weight excluding hydrogens is 350 g/mol. The number of aromatic nitrogens is 2. The smallest absolute Gasteiger partial charge is 0.224 e. The molecule has 26 heavy (non-hydrogen) atoms. The molecule has 3 rings (SSSR count). The second-order valence-electron chi connectivity index (χ2n) is 5.99. The zero-order valence-corrected chi connectivity index (χ0v) is 16.1. The molecule has 0 spiro atoms. The number of ether oxygens (including phenoxy) is 2. The highest BCUT2D eigenvalue weighted by Crippen LogP contribution is 2.41. The van der Waals surface area contributed by atoms with Crippen molar-refractivity contribution >= 4 is 17.7 Å². The van der Waals surface area contributed by atoms with Gasteiger partial charge in [0.1, 0.15) is 5.37 Å². The van der Waals surface area contributed by atoms with Gasteiger partial charge in [-0.05, 0) is 31.5 Å². The number of nitrogens with zero attached hydrogens (tertiary/aromatic N) is 3. The van der Waals surface area contributed by atoms with Crippen LogP contribution < -0.4 is 9.47 Å². The van der Waals surface area contributed by atoms with Crippen LogP contribution in [0.5, 0.6) is 11.5 Å². The first kappa shape index (κ1) is 18.5. The van der Waals surface area contributed by atoms with Crippen LogP contribution in [0.4, 0.5) is 0 Å². The van der Waals surface area contributed by atoms with Gasteiger partial charge in [0.15, 0.2) is 11.5 Å². The van der Waals surface area contributed by atoms with Gasteiger partial charge in [-0.1, -0.05) is 6.07 Å². The van der Waals surface area contributed by atoms with Crippen LogP contribution in [0.2, 0.25) is 0 Å². The minimum Gasteiger partial charge on any atom is -0.493 e.